The van der Waals surface area contributed by atoms with Crippen molar-refractivity contribution in [2.45, 2.75) is 89.9 Å². The molecular formula is C63H58BBr2N3O2. The number of benzene rings is 7. The van der Waals surface area contributed by atoms with E-state index >= 15 is 0 Å². The lowest BCUT2D eigenvalue weighted by atomic mass is 9.80. The second-order valence-electron chi connectivity index (χ2n) is 17.0. The van der Waals surface area contributed by atoms with Gasteiger partial charge >= 0.3 is 7.12 Å². The molecule has 0 aliphatic heterocycles. The lowest BCUT2D eigenvalue weighted by molar-refractivity contribution is 0.426. The zero-order chi connectivity index (χ0) is 50.3. The normalized spacial score (nSPS) is 9.93. The summed E-state index contributed by atoms with van der Waals surface area (Å²) >= 11 is 6.88. The van der Waals surface area contributed by atoms with Gasteiger partial charge in [-0.3, -0.25) is 0 Å². The molecule has 7 aromatic rings. The van der Waals surface area contributed by atoms with Gasteiger partial charge in [-0.05, 0) is 156 Å². The molecule has 0 unspecified atom stereocenters. The van der Waals surface area contributed by atoms with Crippen molar-refractivity contribution in [2.75, 3.05) is 0 Å². The van der Waals surface area contributed by atoms with E-state index in [1.54, 1.807) is 0 Å². The lowest BCUT2D eigenvalue weighted by Crippen LogP contribution is -2.29. The number of unbranched alkanes of at least 4 members (excludes halogenated alkanes) is 10. The molecule has 0 aliphatic rings. The summed E-state index contributed by atoms with van der Waals surface area (Å²) in [7, 11) is -1.46. The molecule has 0 fully saturated rings. The summed E-state index contributed by atoms with van der Waals surface area (Å²) < 4.78 is 2.17. The minimum atomic E-state index is -1.46. The average Bonchev–Trinajstić information content (AvgIpc) is 3.41. The first-order valence-electron chi connectivity index (χ1n) is 24.3. The maximum Gasteiger partial charge on any atom is 0.488 e. The van der Waals surface area contributed by atoms with Gasteiger partial charge in [0.05, 0.1) is 34.9 Å². The standard InChI is InChI=1S/C35H34N2.C21H18Br2.C7H6BNO2/c36-26-30-15-21-33(22-16-30)32-19-13-28(14-20-32)9-6-4-2-1-3-5-7-10-29-11-8-12-35(25-29)34-23-17-31(27-37)18-24-34;22-20-15-13-18(14-16-20)9-6-4-2-1-3-5-7-10-19-11-8-12-21(23)17-19;9-5-6-1-3-7(4-2-6)8(10)11/h8,11-25H,1-7,9-10H2;8,11-17H,1-5H2;1-4,10-11H. The van der Waals surface area contributed by atoms with Crippen molar-refractivity contribution < 1.29 is 10.0 Å². The maximum absolute atomic E-state index is 8.99. The Labute approximate surface area is 439 Å². The van der Waals surface area contributed by atoms with Gasteiger partial charge in [0.25, 0.3) is 0 Å². The molecule has 0 atom stereocenters. The third-order valence-electron chi connectivity index (χ3n) is 11.6. The van der Waals surface area contributed by atoms with Crippen LogP contribution in [0.5, 0.6) is 0 Å². The number of nitriles is 3. The lowest BCUT2D eigenvalue weighted by Gasteiger charge is -2.07. The summed E-state index contributed by atoms with van der Waals surface area (Å²) in [4.78, 5) is 0. The topological polar surface area (TPSA) is 112 Å². The number of nitrogens with zero attached hydrogens (tertiary/aromatic N) is 3. The fourth-order valence-corrected chi connectivity index (χ4v) is 8.21. The predicted octanol–water partition coefficient (Wildman–Crippen LogP) is 15.1. The molecule has 0 heterocycles. The van der Waals surface area contributed by atoms with E-state index in [4.69, 9.17) is 25.8 Å². The molecule has 0 aliphatic carbocycles. The second kappa shape index (κ2) is 32.1. The minimum absolute atomic E-state index is 0.393. The zero-order valence-corrected chi connectivity index (χ0v) is 43.3. The van der Waals surface area contributed by atoms with Gasteiger partial charge in [0.1, 0.15) is 0 Å². The maximum atomic E-state index is 8.99. The third-order valence-corrected chi connectivity index (χ3v) is 12.6. The summed E-state index contributed by atoms with van der Waals surface area (Å²) in [5, 5.41) is 43.7. The van der Waals surface area contributed by atoms with Crippen molar-refractivity contribution in [1.29, 1.82) is 15.8 Å². The van der Waals surface area contributed by atoms with Gasteiger partial charge < -0.3 is 10.0 Å². The van der Waals surface area contributed by atoms with Gasteiger partial charge in [0.15, 0.2) is 0 Å². The second-order valence-corrected chi connectivity index (χ2v) is 18.9. The average molecular weight is 1060 g/mol. The molecular weight excluding hydrogens is 1000 g/mol. The fourth-order valence-electron chi connectivity index (χ4n) is 7.55. The monoisotopic (exact) mass is 1060 g/mol. The van der Waals surface area contributed by atoms with Crippen molar-refractivity contribution in [1.82, 2.24) is 0 Å². The molecule has 5 nitrogen and oxygen atoms in total. The van der Waals surface area contributed by atoms with E-state index in [9.17, 15) is 0 Å². The number of rotatable bonds is 17. The summed E-state index contributed by atoms with van der Waals surface area (Å²) in [5.74, 6) is 12.9. The molecule has 8 heteroatoms. The molecule has 0 bridgehead atoms. The van der Waals surface area contributed by atoms with Gasteiger partial charge in [-0.2, -0.15) is 15.8 Å². The van der Waals surface area contributed by atoms with E-state index in [1.807, 2.05) is 103 Å². The van der Waals surface area contributed by atoms with Crippen LogP contribution in [0.1, 0.15) is 116 Å². The Kier molecular flexibility index (Phi) is 24.8. The van der Waals surface area contributed by atoms with Gasteiger partial charge in [-0.15, -0.1) is 0 Å². The van der Waals surface area contributed by atoms with Crippen LogP contribution in [-0.4, -0.2) is 17.2 Å². The van der Waals surface area contributed by atoms with Crippen LogP contribution < -0.4 is 5.46 Å². The van der Waals surface area contributed by atoms with E-state index < -0.39 is 7.12 Å². The van der Waals surface area contributed by atoms with Crippen molar-refractivity contribution in [2.24, 2.45) is 0 Å². The van der Waals surface area contributed by atoms with E-state index in [1.165, 1.54) is 103 Å². The Morgan fingerprint density at radius 2 is 0.803 bits per heavy atom. The van der Waals surface area contributed by atoms with Crippen LogP contribution in [0, 0.1) is 57.7 Å². The largest absolute Gasteiger partial charge is 0.488 e. The summed E-state index contributed by atoms with van der Waals surface area (Å²) in [6.07, 6.45) is 16.7. The molecule has 0 spiro atoms. The molecule has 0 radical (unpaired) electrons. The van der Waals surface area contributed by atoms with Crippen LogP contribution >= 0.6 is 31.9 Å². The fraction of sp³-hybridized carbons (Fsp3) is 0.222. The number of aryl methyl sites for hydroxylation is 2. The van der Waals surface area contributed by atoms with Gasteiger partial charge in [0.2, 0.25) is 0 Å². The zero-order valence-electron chi connectivity index (χ0n) is 40.1. The van der Waals surface area contributed by atoms with Crippen LogP contribution in [0.3, 0.4) is 0 Å². The van der Waals surface area contributed by atoms with Crippen LogP contribution in [0.25, 0.3) is 22.3 Å². The molecule has 0 saturated carbocycles. The van der Waals surface area contributed by atoms with Crippen LogP contribution in [0.2, 0.25) is 0 Å². The molecule has 7 rings (SSSR count). The number of hydrogen-bond donors (Lipinski definition) is 2. The van der Waals surface area contributed by atoms with Gasteiger partial charge in [0, 0.05) is 32.9 Å². The first-order chi connectivity index (χ1) is 34.7. The number of hydrogen-bond acceptors (Lipinski definition) is 5. The Morgan fingerprint density at radius 3 is 1.32 bits per heavy atom. The molecule has 0 aromatic heterocycles. The quantitative estimate of drug-likeness (QED) is 0.0536. The van der Waals surface area contributed by atoms with E-state index in [0.29, 0.717) is 22.2 Å². The highest BCUT2D eigenvalue weighted by atomic mass is 79.9. The Morgan fingerprint density at radius 1 is 0.366 bits per heavy atom. The van der Waals surface area contributed by atoms with E-state index in [0.717, 1.165) is 64.2 Å². The first-order valence-corrected chi connectivity index (χ1v) is 25.9. The van der Waals surface area contributed by atoms with Crippen molar-refractivity contribution in [3.05, 3.63) is 218 Å². The highest BCUT2D eigenvalue weighted by Crippen LogP contribution is 2.24. The summed E-state index contributed by atoms with van der Waals surface area (Å²) in [5.41, 5.74) is 12.0. The smallest absolute Gasteiger partial charge is 0.423 e. The Bertz CT molecular complexity index is 2950. The van der Waals surface area contributed by atoms with Crippen molar-refractivity contribution in [3.63, 3.8) is 0 Å². The highest BCUT2D eigenvalue weighted by molar-refractivity contribution is 9.10. The highest BCUT2D eigenvalue weighted by Gasteiger charge is 2.09. The summed E-state index contributed by atoms with van der Waals surface area (Å²) in [6, 6.07) is 61.9. The van der Waals surface area contributed by atoms with E-state index in [-0.39, 0.29) is 0 Å². The van der Waals surface area contributed by atoms with Crippen LogP contribution in [-0.2, 0) is 12.8 Å². The predicted molar refractivity (Wildman–Crippen MR) is 299 cm³/mol. The first kappa shape index (κ1) is 55.0. The van der Waals surface area contributed by atoms with Crippen molar-refractivity contribution in [3.8, 4) is 64.1 Å². The molecule has 2 N–H and O–H groups in total. The van der Waals surface area contributed by atoms with E-state index in [2.05, 4.69) is 116 Å². The molecule has 7 aromatic carbocycles. The van der Waals surface area contributed by atoms with Gasteiger partial charge in [-0.25, -0.2) is 0 Å². The molecule has 71 heavy (non-hydrogen) atoms. The summed E-state index contributed by atoms with van der Waals surface area (Å²) in [6.45, 7) is 0. The minimum Gasteiger partial charge on any atom is -0.423 e. The third kappa shape index (κ3) is 21.3. The Hall–Kier alpha value is -6.93. The van der Waals surface area contributed by atoms with Crippen LogP contribution in [0.15, 0.2) is 179 Å². The number of halogens is 2. The SMILES string of the molecule is Brc1ccc(C#CCCCCCC#Cc2cccc(Br)c2)cc1.N#Cc1ccc(-c2ccc(CCCCCCCCCc3cccc(-c4ccc(C#N)cc4)c3)cc2)cc1.N#Cc1ccc(B(O)O)cc1. The van der Waals surface area contributed by atoms with Crippen molar-refractivity contribution >= 4 is 44.4 Å². The Balaban J connectivity index is 0.000000232. The molecule has 354 valence electrons. The molecule has 0 saturated heterocycles. The van der Waals surface area contributed by atoms with Crippen LogP contribution in [0.4, 0.5) is 0 Å². The molecule has 0 amide bonds. The van der Waals surface area contributed by atoms with Gasteiger partial charge in [-0.1, -0.05) is 185 Å².